The maximum absolute atomic E-state index is 10.9. The highest BCUT2D eigenvalue weighted by Crippen LogP contribution is 2.32. The number of carboxylic acids is 1. The molecule has 0 aromatic carbocycles. The molecule has 0 saturated heterocycles. The Bertz CT molecular complexity index is 362. The van der Waals surface area contributed by atoms with Gasteiger partial charge in [0.05, 0.1) is 5.41 Å². The lowest BCUT2D eigenvalue weighted by Crippen LogP contribution is -2.28. The van der Waals surface area contributed by atoms with Crippen molar-refractivity contribution in [3.8, 4) is 0 Å². The van der Waals surface area contributed by atoms with Crippen molar-refractivity contribution in [3.05, 3.63) is 20.8 Å². The van der Waals surface area contributed by atoms with Gasteiger partial charge >= 0.3 is 5.97 Å². The Kier molecular flexibility index (Phi) is 3.92. The quantitative estimate of drug-likeness (QED) is 0.896. The Morgan fingerprint density at radius 2 is 2.33 bits per heavy atom. The van der Waals surface area contributed by atoms with E-state index in [2.05, 4.69) is 15.9 Å². The summed E-state index contributed by atoms with van der Waals surface area (Å²) in [6.45, 7) is 3.38. The molecule has 0 aliphatic rings. The summed E-state index contributed by atoms with van der Waals surface area (Å²) in [5.41, 5.74) is 5.18. The van der Waals surface area contributed by atoms with E-state index in [-0.39, 0.29) is 6.04 Å². The van der Waals surface area contributed by atoms with Crippen LogP contribution in [0.1, 0.15) is 31.2 Å². The molecule has 1 atom stereocenters. The van der Waals surface area contributed by atoms with Crippen LogP contribution in [0.25, 0.3) is 0 Å². The molecule has 0 aliphatic heterocycles. The van der Waals surface area contributed by atoms with Gasteiger partial charge in [-0.1, -0.05) is 0 Å². The van der Waals surface area contributed by atoms with Gasteiger partial charge in [-0.15, -0.1) is 11.3 Å². The van der Waals surface area contributed by atoms with Crippen molar-refractivity contribution in [2.75, 3.05) is 0 Å². The first kappa shape index (κ1) is 12.7. The predicted molar refractivity (Wildman–Crippen MR) is 65.0 cm³/mol. The molecular formula is C10H14BrNO2S. The van der Waals surface area contributed by atoms with Gasteiger partial charge in [-0.25, -0.2) is 0 Å². The van der Waals surface area contributed by atoms with Crippen LogP contribution in [0.5, 0.6) is 0 Å². The standard InChI is InChI=1S/C10H14BrNO2S/c1-10(2,9(13)14)4-7(12)8-3-6(11)5-15-8/h3,5,7H,4,12H2,1-2H3,(H,13,14). The molecular weight excluding hydrogens is 278 g/mol. The van der Waals surface area contributed by atoms with Crippen LogP contribution in [0, 0.1) is 5.41 Å². The van der Waals surface area contributed by atoms with E-state index < -0.39 is 11.4 Å². The van der Waals surface area contributed by atoms with E-state index in [9.17, 15) is 4.79 Å². The molecule has 3 N–H and O–H groups in total. The second-order valence-electron chi connectivity index (χ2n) is 4.17. The van der Waals surface area contributed by atoms with Crippen LogP contribution in [0.15, 0.2) is 15.9 Å². The average molecular weight is 292 g/mol. The molecule has 1 rings (SSSR count). The molecule has 0 amide bonds. The Hall–Kier alpha value is -0.390. The van der Waals surface area contributed by atoms with Gasteiger partial charge in [0, 0.05) is 20.8 Å². The van der Waals surface area contributed by atoms with E-state index in [1.807, 2.05) is 11.4 Å². The van der Waals surface area contributed by atoms with Crippen LogP contribution in [0.2, 0.25) is 0 Å². The zero-order chi connectivity index (χ0) is 11.6. The summed E-state index contributed by atoms with van der Waals surface area (Å²) in [6.07, 6.45) is 0.440. The Labute approximate surface area is 101 Å². The van der Waals surface area contributed by atoms with Crippen LogP contribution in [0.3, 0.4) is 0 Å². The largest absolute Gasteiger partial charge is 0.481 e. The van der Waals surface area contributed by atoms with E-state index >= 15 is 0 Å². The van der Waals surface area contributed by atoms with Gasteiger partial charge < -0.3 is 10.8 Å². The fourth-order valence-corrected chi connectivity index (χ4v) is 2.71. The number of hydrogen-bond donors (Lipinski definition) is 2. The van der Waals surface area contributed by atoms with Crippen molar-refractivity contribution >= 4 is 33.2 Å². The maximum atomic E-state index is 10.9. The second kappa shape index (κ2) is 4.63. The third-order valence-corrected chi connectivity index (χ3v) is 4.09. The lowest BCUT2D eigenvalue weighted by molar-refractivity contribution is -0.147. The lowest BCUT2D eigenvalue weighted by Gasteiger charge is -2.22. The van der Waals surface area contributed by atoms with Crippen LogP contribution in [-0.2, 0) is 4.79 Å². The van der Waals surface area contributed by atoms with Gasteiger partial charge in [0.15, 0.2) is 0 Å². The first-order chi connectivity index (χ1) is 6.83. The maximum Gasteiger partial charge on any atom is 0.309 e. The Morgan fingerprint density at radius 1 is 1.73 bits per heavy atom. The smallest absolute Gasteiger partial charge is 0.309 e. The molecule has 3 nitrogen and oxygen atoms in total. The first-order valence-electron chi connectivity index (χ1n) is 4.56. The van der Waals surface area contributed by atoms with Gasteiger partial charge in [-0.3, -0.25) is 4.79 Å². The van der Waals surface area contributed by atoms with Gasteiger partial charge in [-0.05, 0) is 42.3 Å². The van der Waals surface area contributed by atoms with Crippen LogP contribution in [0.4, 0.5) is 0 Å². The molecule has 0 aliphatic carbocycles. The summed E-state index contributed by atoms with van der Waals surface area (Å²) in [5, 5.41) is 10.9. The fraction of sp³-hybridized carbons (Fsp3) is 0.500. The fourth-order valence-electron chi connectivity index (χ4n) is 1.26. The number of hydrogen-bond acceptors (Lipinski definition) is 3. The predicted octanol–water partition coefficient (Wildman–Crippen LogP) is 3.01. The molecule has 0 spiro atoms. The summed E-state index contributed by atoms with van der Waals surface area (Å²) in [5.74, 6) is -0.812. The first-order valence-corrected chi connectivity index (χ1v) is 6.23. The molecule has 15 heavy (non-hydrogen) atoms. The third kappa shape index (κ3) is 3.29. The summed E-state index contributed by atoms with van der Waals surface area (Å²) < 4.78 is 0.992. The Morgan fingerprint density at radius 3 is 2.73 bits per heavy atom. The molecule has 1 aromatic heterocycles. The number of nitrogens with two attached hydrogens (primary N) is 1. The molecule has 84 valence electrons. The number of thiophene rings is 1. The van der Waals surface area contributed by atoms with Crippen molar-refractivity contribution < 1.29 is 9.90 Å². The monoisotopic (exact) mass is 291 g/mol. The summed E-state index contributed by atoms with van der Waals surface area (Å²) in [4.78, 5) is 11.9. The molecule has 1 heterocycles. The van der Waals surface area contributed by atoms with Crippen molar-refractivity contribution in [1.82, 2.24) is 0 Å². The minimum atomic E-state index is -0.812. The van der Waals surface area contributed by atoms with Crippen molar-refractivity contribution in [1.29, 1.82) is 0 Å². The minimum Gasteiger partial charge on any atom is -0.481 e. The molecule has 1 unspecified atom stereocenters. The average Bonchev–Trinajstić information content (AvgIpc) is 2.50. The number of carboxylic acid groups (broad SMARTS) is 1. The van der Waals surface area contributed by atoms with Crippen molar-refractivity contribution in [2.45, 2.75) is 26.3 Å². The molecule has 0 saturated carbocycles. The van der Waals surface area contributed by atoms with Gasteiger partial charge in [0.2, 0.25) is 0 Å². The number of rotatable bonds is 4. The summed E-state index contributed by atoms with van der Waals surface area (Å²) in [7, 11) is 0. The molecule has 1 aromatic rings. The third-order valence-electron chi connectivity index (χ3n) is 2.26. The van der Waals surface area contributed by atoms with E-state index in [4.69, 9.17) is 10.8 Å². The van der Waals surface area contributed by atoms with Gasteiger partial charge in [0.25, 0.3) is 0 Å². The minimum absolute atomic E-state index is 0.215. The van der Waals surface area contributed by atoms with Crippen LogP contribution >= 0.6 is 27.3 Å². The molecule has 0 fully saturated rings. The zero-order valence-electron chi connectivity index (χ0n) is 8.66. The van der Waals surface area contributed by atoms with Crippen LogP contribution in [-0.4, -0.2) is 11.1 Å². The van der Waals surface area contributed by atoms with E-state index in [1.165, 1.54) is 0 Å². The lowest BCUT2D eigenvalue weighted by atomic mass is 9.86. The SMILES string of the molecule is CC(C)(CC(N)c1cc(Br)cs1)C(=O)O. The Balaban J connectivity index is 2.71. The van der Waals surface area contributed by atoms with Gasteiger partial charge in [-0.2, -0.15) is 0 Å². The molecule has 0 bridgehead atoms. The van der Waals surface area contributed by atoms with E-state index in [0.29, 0.717) is 6.42 Å². The molecule has 5 heteroatoms. The highest BCUT2D eigenvalue weighted by atomic mass is 79.9. The van der Waals surface area contributed by atoms with Gasteiger partial charge in [0.1, 0.15) is 0 Å². The van der Waals surface area contributed by atoms with Crippen molar-refractivity contribution in [2.24, 2.45) is 11.1 Å². The number of aliphatic carboxylic acids is 1. The van der Waals surface area contributed by atoms with Crippen LogP contribution < -0.4 is 5.73 Å². The topological polar surface area (TPSA) is 63.3 Å². The zero-order valence-corrected chi connectivity index (χ0v) is 11.1. The number of carbonyl (C=O) groups is 1. The van der Waals surface area contributed by atoms with E-state index in [1.54, 1.807) is 25.2 Å². The normalized spacial score (nSPS) is 13.9. The van der Waals surface area contributed by atoms with E-state index in [0.717, 1.165) is 9.35 Å². The molecule has 0 radical (unpaired) electrons. The highest BCUT2D eigenvalue weighted by Gasteiger charge is 2.30. The highest BCUT2D eigenvalue weighted by molar-refractivity contribution is 9.10. The summed E-state index contributed by atoms with van der Waals surface area (Å²) in [6, 6.07) is 1.72. The number of halogens is 1. The second-order valence-corrected chi connectivity index (χ2v) is 6.03. The summed E-state index contributed by atoms with van der Waals surface area (Å²) >= 11 is 4.89. The van der Waals surface area contributed by atoms with Crippen molar-refractivity contribution in [3.63, 3.8) is 0 Å².